The summed E-state index contributed by atoms with van der Waals surface area (Å²) in [7, 11) is 0. The molecule has 0 atom stereocenters. The van der Waals surface area contributed by atoms with Crippen LogP contribution in [0.5, 0.6) is 0 Å². The zero-order valence-electron chi connectivity index (χ0n) is 15.9. The van der Waals surface area contributed by atoms with E-state index in [1.807, 2.05) is 18.2 Å². The summed E-state index contributed by atoms with van der Waals surface area (Å²) in [5, 5.41) is 10.5. The summed E-state index contributed by atoms with van der Waals surface area (Å²) in [5.41, 5.74) is 1.78. The van der Waals surface area contributed by atoms with Crippen LogP contribution in [-0.4, -0.2) is 0 Å². The number of benzene rings is 4. The normalized spacial score (nSPS) is 12.5. The van der Waals surface area contributed by atoms with Gasteiger partial charge in [0, 0.05) is 0 Å². The number of nitrogens with zero attached hydrogens (tertiary/aromatic N) is 1. The Morgan fingerprint density at radius 1 is 0.586 bits per heavy atom. The molecule has 0 N–H and O–H groups in total. The third-order valence-electron chi connectivity index (χ3n) is 5.49. The van der Waals surface area contributed by atoms with E-state index in [1.54, 1.807) is 0 Å². The van der Waals surface area contributed by atoms with Crippen LogP contribution in [0.4, 0.5) is 0 Å². The fraction of sp³-hybridized carbons (Fsp3) is 0.0385. The quantitative estimate of drug-likeness (QED) is 0.342. The van der Waals surface area contributed by atoms with Gasteiger partial charge in [0.2, 0.25) is 0 Å². The molecule has 0 radical (unpaired) electrons. The molecule has 0 amide bonds. The first kappa shape index (κ1) is 19.6. The van der Waals surface area contributed by atoms with Crippen LogP contribution in [0.25, 0.3) is 0 Å². The second-order valence-corrected chi connectivity index (χ2v) is 16.0. The van der Waals surface area contributed by atoms with Gasteiger partial charge in [0.15, 0.2) is 0 Å². The molecule has 0 spiro atoms. The predicted molar refractivity (Wildman–Crippen MR) is 129 cm³/mol. The Morgan fingerprint density at radius 2 is 0.966 bits per heavy atom. The second-order valence-electron chi connectivity index (χ2n) is 7.12. The molecule has 0 aliphatic rings. The van der Waals surface area contributed by atoms with Crippen molar-refractivity contribution in [3.8, 4) is 6.07 Å². The molecule has 0 aliphatic carbocycles. The SMILES string of the molecule is N#Cc1ccccc1CP(Br)(c1ccccc1)(c1ccccc1)c1ccccc1. The molecule has 0 saturated carbocycles. The van der Waals surface area contributed by atoms with Crippen molar-refractivity contribution in [1.29, 1.82) is 5.26 Å². The molecule has 0 saturated heterocycles. The molecule has 4 aromatic rings. The first-order valence-electron chi connectivity index (χ1n) is 9.54. The minimum atomic E-state index is -3.07. The standard InChI is InChI=1S/C26H21BrNP/c27-29(24-14-4-1-5-15-24,25-16-6-2-7-17-25,26-18-8-3-9-19-26)21-23-13-11-10-12-22(23)20-28/h1-19H,21H2. The average Bonchev–Trinajstić information content (AvgIpc) is 2.81. The van der Waals surface area contributed by atoms with Gasteiger partial charge in [-0.1, -0.05) is 0 Å². The molecule has 29 heavy (non-hydrogen) atoms. The van der Waals surface area contributed by atoms with E-state index in [1.165, 1.54) is 15.9 Å². The molecule has 4 aromatic carbocycles. The van der Waals surface area contributed by atoms with Crippen LogP contribution in [0.3, 0.4) is 0 Å². The van der Waals surface area contributed by atoms with Gasteiger partial charge < -0.3 is 0 Å². The van der Waals surface area contributed by atoms with Gasteiger partial charge in [-0.3, -0.25) is 0 Å². The molecule has 0 fully saturated rings. The van der Waals surface area contributed by atoms with Gasteiger partial charge in [-0.15, -0.1) is 0 Å². The van der Waals surface area contributed by atoms with Crippen molar-refractivity contribution in [1.82, 2.24) is 0 Å². The summed E-state index contributed by atoms with van der Waals surface area (Å²) in [6.45, 7) is 0. The van der Waals surface area contributed by atoms with Crippen LogP contribution >= 0.6 is 20.8 Å². The van der Waals surface area contributed by atoms with Crippen LogP contribution in [0.2, 0.25) is 0 Å². The van der Waals surface area contributed by atoms with E-state index >= 15 is 0 Å². The third-order valence-corrected chi connectivity index (χ3v) is 15.0. The fourth-order valence-electron chi connectivity index (χ4n) is 4.02. The Balaban J connectivity index is 2.12. The zero-order chi connectivity index (χ0) is 20.2. The fourth-order valence-corrected chi connectivity index (χ4v) is 11.7. The number of hydrogen-bond donors (Lipinski definition) is 0. The van der Waals surface area contributed by atoms with Gasteiger partial charge in [-0.2, -0.15) is 0 Å². The van der Waals surface area contributed by atoms with E-state index < -0.39 is 5.31 Å². The molecule has 0 aromatic heterocycles. The van der Waals surface area contributed by atoms with Crippen molar-refractivity contribution in [2.75, 3.05) is 0 Å². The number of rotatable bonds is 5. The molecule has 142 valence electrons. The third kappa shape index (κ3) is 3.32. The Kier molecular flexibility index (Phi) is 5.37. The van der Waals surface area contributed by atoms with E-state index in [9.17, 15) is 5.26 Å². The molecule has 0 unspecified atom stereocenters. The topological polar surface area (TPSA) is 23.8 Å². The maximum absolute atomic E-state index is 9.76. The first-order chi connectivity index (χ1) is 14.2. The van der Waals surface area contributed by atoms with Crippen LogP contribution in [0.15, 0.2) is 115 Å². The van der Waals surface area contributed by atoms with Crippen LogP contribution in [0, 0.1) is 11.3 Å². The summed E-state index contributed by atoms with van der Waals surface area (Å²) in [4.78, 5) is 0. The summed E-state index contributed by atoms with van der Waals surface area (Å²) < 4.78 is 0. The van der Waals surface area contributed by atoms with Gasteiger partial charge in [0.25, 0.3) is 0 Å². The van der Waals surface area contributed by atoms with Crippen molar-refractivity contribution in [2.45, 2.75) is 6.16 Å². The molecule has 4 rings (SSSR count). The minimum absolute atomic E-state index is 0.726. The van der Waals surface area contributed by atoms with Crippen molar-refractivity contribution < 1.29 is 0 Å². The molecular formula is C26H21BrNP. The number of hydrogen-bond acceptors (Lipinski definition) is 1. The summed E-state index contributed by atoms with van der Waals surface area (Å²) in [6, 6.07) is 42.3. The van der Waals surface area contributed by atoms with Crippen LogP contribution in [-0.2, 0) is 6.16 Å². The van der Waals surface area contributed by atoms with Gasteiger partial charge in [-0.25, -0.2) is 0 Å². The van der Waals surface area contributed by atoms with Crippen molar-refractivity contribution >= 4 is 36.7 Å². The second kappa shape index (κ2) is 7.96. The molecule has 3 heteroatoms. The Bertz CT molecular complexity index is 1050. The van der Waals surface area contributed by atoms with Crippen molar-refractivity contribution in [3.63, 3.8) is 0 Å². The Labute approximate surface area is 180 Å². The molecule has 0 heterocycles. The predicted octanol–water partition coefficient (Wildman–Crippen LogP) is 5.90. The van der Waals surface area contributed by atoms with Gasteiger partial charge >= 0.3 is 181 Å². The van der Waals surface area contributed by atoms with Gasteiger partial charge in [0.05, 0.1) is 0 Å². The Morgan fingerprint density at radius 3 is 1.38 bits per heavy atom. The van der Waals surface area contributed by atoms with Crippen LogP contribution in [0.1, 0.15) is 11.1 Å². The summed E-state index contributed by atoms with van der Waals surface area (Å²) in [6.07, 6.45) is 0.730. The Hall–Kier alpha value is -2.72. The average molecular weight is 458 g/mol. The molecule has 1 nitrogen and oxygen atoms in total. The number of halogens is 1. The van der Waals surface area contributed by atoms with E-state index in [-0.39, 0.29) is 0 Å². The molecule has 0 bridgehead atoms. The van der Waals surface area contributed by atoms with E-state index in [2.05, 4.69) is 119 Å². The van der Waals surface area contributed by atoms with Gasteiger partial charge in [-0.05, 0) is 0 Å². The molecular weight excluding hydrogens is 437 g/mol. The maximum atomic E-state index is 9.76. The van der Waals surface area contributed by atoms with Crippen molar-refractivity contribution in [2.24, 2.45) is 0 Å². The monoisotopic (exact) mass is 457 g/mol. The van der Waals surface area contributed by atoms with E-state index in [4.69, 9.17) is 0 Å². The van der Waals surface area contributed by atoms with Crippen molar-refractivity contribution in [3.05, 3.63) is 126 Å². The molecule has 0 aliphatic heterocycles. The van der Waals surface area contributed by atoms with Gasteiger partial charge in [0.1, 0.15) is 0 Å². The number of nitriles is 1. The summed E-state index contributed by atoms with van der Waals surface area (Å²) in [5.74, 6) is 0. The van der Waals surface area contributed by atoms with Crippen LogP contribution < -0.4 is 15.9 Å². The van der Waals surface area contributed by atoms with E-state index in [0.717, 1.165) is 17.3 Å². The van der Waals surface area contributed by atoms with E-state index in [0.29, 0.717) is 0 Å². The first-order valence-corrected chi connectivity index (χ1v) is 14.0. The summed E-state index contributed by atoms with van der Waals surface area (Å²) >= 11 is 4.44. The zero-order valence-corrected chi connectivity index (χ0v) is 18.4.